The summed E-state index contributed by atoms with van der Waals surface area (Å²) in [6, 6.07) is 18.5. The predicted octanol–water partition coefficient (Wildman–Crippen LogP) is 4.14. The Morgan fingerprint density at radius 2 is 1.52 bits per heavy atom. The molecule has 0 fully saturated rings. The number of H-pyrrole nitrogens is 1. The number of amides is 1. The fourth-order valence-corrected chi connectivity index (χ4v) is 2.51. The van der Waals surface area contributed by atoms with E-state index in [9.17, 15) is 9.59 Å². The average molecular weight is 304 g/mol. The Morgan fingerprint density at radius 3 is 2.13 bits per heavy atom. The van der Waals surface area contributed by atoms with E-state index in [0.717, 1.165) is 11.1 Å². The molecule has 0 aliphatic carbocycles. The number of carbonyl (C=O) groups is 2. The summed E-state index contributed by atoms with van der Waals surface area (Å²) in [7, 11) is 0. The van der Waals surface area contributed by atoms with Gasteiger partial charge in [-0.3, -0.25) is 9.59 Å². The quantitative estimate of drug-likeness (QED) is 0.712. The van der Waals surface area contributed by atoms with Crippen LogP contribution < -0.4 is 5.32 Å². The number of benzene rings is 2. The van der Waals surface area contributed by atoms with E-state index in [4.69, 9.17) is 0 Å². The van der Waals surface area contributed by atoms with E-state index in [-0.39, 0.29) is 11.7 Å². The molecule has 2 N–H and O–H groups in total. The third kappa shape index (κ3) is 3.06. The van der Waals surface area contributed by atoms with Crippen molar-refractivity contribution in [1.29, 1.82) is 0 Å². The highest BCUT2D eigenvalue weighted by molar-refractivity contribution is 6.11. The molecular weight excluding hydrogens is 288 g/mol. The first-order chi connectivity index (χ1) is 11.2. The Kier molecular flexibility index (Phi) is 4.06. The highest BCUT2D eigenvalue weighted by Gasteiger charge is 2.18. The highest BCUT2D eigenvalue weighted by atomic mass is 16.2. The first-order valence-electron chi connectivity index (χ1n) is 7.31. The second kappa shape index (κ2) is 6.32. The molecule has 0 radical (unpaired) electrons. The van der Waals surface area contributed by atoms with Crippen LogP contribution >= 0.6 is 0 Å². The molecular formula is C19H16N2O2. The Labute approximate surface area is 134 Å². The van der Waals surface area contributed by atoms with E-state index < -0.39 is 0 Å². The van der Waals surface area contributed by atoms with Crippen LogP contribution in [0.25, 0.3) is 11.1 Å². The van der Waals surface area contributed by atoms with Gasteiger partial charge in [-0.2, -0.15) is 0 Å². The summed E-state index contributed by atoms with van der Waals surface area (Å²) >= 11 is 0. The maximum absolute atomic E-state index is 12.3. The van der Waals surface area contributed by atoms with Crippen molar-refractivity contribution in [3.05, 3.63) is 78.0 Å². The summed E-state index contributed by atoms with van der Waals surface area (Å²) in [6.07, 6.45) is 1.74. The van der Waals surface area contributed by atoms with Gasteiger partial charge in [0.2, 0.25) is 0 Å². The van der Waals surface area contributed by atoms with Crippen molar-refractivity contribution < 1.29 is 9.59 Å². The van der Waals surface area contributed by atoms with Crippen LogP contribution in [0.5, 0.6) is 0 Å². The molecule has 114 valence electrons. The summed E-state index contributed by atoms with van der Waals surface area (Å²) < 4.78 is 0. The van der Waals surface area contributed by atoms with Crippen molar-refractivity contribution in [2.24, 2.45) is 0 Å². The van der Waals surface area contributed by atoms with Crippen molar-refractivity contribution >= 4 is 17.5 Å². The molecule has 23 heavy (non-hydrogen) atoms. The van der Waals surface area contributed by atoms with E-state index >= 15 is 0 Å². The van der Waals surface area contributed by atoms with Gasteiger partial charge < -0.3 is 10.3 Å². The zero-order valence-electron chi connectivity index (χ0n) is 12.7. The number of hydrogen-bond donors (Lipinski definition) is 2. The molecule has 0 saturated heterocycles. The van der Waals surface area contributed by atoms with Crippen LogP contribution in [0.4, 0.5) is 5.82 Å². The number of rotatable bonds is 4. The van der Waals surface area contributed by atoms with E-state index in [1.165, 1.54) is 6.92 Å². The van der Waals surface area contributed by atoms with Crippen molar-refractivity contribution in [1.82, 2.24) is 4.98 Å². The van der Waals surface area contributed by atoms with Gasteiger partial charge in [-0.25, -0.2) is 0 Å². The van der Waals surface area contributed by atoms with Gasteiger partial charge in [-0.1, -0.05) is 48.5 Å². The van der Waals surface area contributed by atoms with Gasteiger partial charge in [-0.15, -0.1) is 0 Å². The minimum Gasteiger partial charge on any atom is -0.347 e. The zero-order valence-corrected chi connectivity index (χ0v) is 12.7. The lowest BCUT2D eigenvalue weighted by Gasteiger charge is -2.07. The third-order valence-corrected chi connectivity index (χ3v) is 3.59. The molecule has 3 rings (SSSR count). The summed E-state index contributed by atoms with van der Waals surface area (Å²) in [6.45, 7) is 1.49. The van der Waals surface area contributed by atoms with Gasteiger partial charge in [-0.05, 0) is 24.6 Å². The number of Topliss-reactive ketones (excluding diaryl/α,β-unsaturated/α-hetero) is 1. The van der Waals surface area contributed by atoms with Crippen LogP contribution in [-0.2, 0) is 0 Å². The van der Waals surface area contributed by atoms with Crippen LogP contribution in [0.1, 0.15) is 27.6 Å². The molecule has 0 aliphatic heterocycles. The fraction of sp³-hybridized carbons (Fsp3) is 0.0526. The number of hydrogen-bond acceptors (Lipinski definition) is 2. The molecule has 0 spiro atoms. The molecule has 0 saturated carbocycles. The number of aromatic amines is 1. The lowest BCUT2D eigenvalue weighted by Crippen LogP contribution is -2.14. The molecule has 4 nitrogen and oxygen atoms in total. The van der Waals surface area contributed by atoms with Crippen LogP contribution in [-0.4, -0.2) is 16.7 Å². The van der Waals surface area contributed by atoms with Crippen LogP contribution in [0.3, 0.4) is 0 Å². The number of anilines is 1. The Bertz CT molecular complexity index is 836. The highest BCUT2D eigenvalue weighted by Crippen LogP contribution is 2.29. The van der Waals surface area contributed by atoms with E-state index in [2.05, 4.69) is 10.3 Å². The Balaban J connectivity index is 1.96. The standard InChI is InChI=1S/C19H16N2O2/c1-13(22)17-16(14-8-4-2-5-9-14)12-20-18(17)21-19(23)15-10-6-3-7-11-15/h2-12,20H,1H3,(H,21,23). The number of nitrogens with one attached hydrogen (secondary N) is 2. The molecule has 0 unspecified atom stereocenters. The Hall–Kier alpha value is -3.14. The lowest BCUT2D eigenvalue weighted by atomic mass is 10.0. The van der Waals surface area contributed by atoms with Gasteiger partial charge >= 0.3 is 0 Å². The largest absolute Gasteiger partial charge is 0.347 e. The number of ketones is 1. The van der Waals surface area contributed by atoms with Crippen molar-refractivity contribution in [3.8, 4) is 11.1 Å². The molecule has 0 bridgehead atoms. The van der Waals surface area contributed by atoms with Crippen molar-refractivity contribution in [3.63, 3.8) is 0 Å². The van der Waals surface area contributed by atoms with E-state index in [1.807, 2.05) is 36.4 Å². The molecule has 4 heteroatoms. The molecule has 2 aromatic carbocycles. The van der Waals surface area contributed by atoms with Gasteiger partial charge in [0.1, 0.15) is 5.82 Å². The number of aromatic nitrogens is 1. The van der Waals surface area contributed by atoms with Crippen LogP contribution in [0.2, 0.25) is 0 Å². The molecule has 1 aromatic heterocycles. The first-order valence-corrected chi connectivity index (χ1v) is 7.31. The second-order valence-electron chi connectivity index (χ2n) is 5.19. The van der Waals surface area contributed by atoms with Gasteiger partial charge in [0, 0.05) is 17.3 Å². The molecule has 0 atom stereocenters. The maximum atomic E-state index is 12.3. The molecule has 0 aliphatic rings. The first kappa shape index (κ1) is 14.8. The van der Waals surface area contributed by atoms with E-state index in [0.29, 0.717) is 16.9 Å². The van der Waals surface area contributed by atoms with Crippen LogP contribution in [0.15, 0.2) is 66.9 Å². The SMILES string of the molecule is CC(=O)c1c(-c2ccccc2)c[nH]c1NC(=O)c1ccccc1. The monoisotopic (exact) mass is 304 g/mol. The maximum Gasteiger partial charge on any atom is 0.256 e. The van der Waals surface area contributed by atoms with Gasteiger partial charge in [0.15, 0.2) is 5.78 Å². The molecule has 1 heterocycles. The zero-order chi connectivity index (χ0) is 16.2. The molecule has 1 amide bonds. The topological polar surface area (TPSA) is 62.0 Å². The summed E-state index contributed by atoms with van der Waals surface area (Å²) in [5.41, 5.74) is 2.73. The fourth-order valence-electron chi connectivity index (χ4n) is 2.51. The smallest absolute Gasteiger partial charge is 0.256 e. The van der Waals surface area contributed by atoms with Crippen molar-refractivity contribution in [2.45, 2.75) is 6.92 Å². The lowest BCUT2D eigenvalue weighted by molar-refractivity contribution is 0.101. The van der Waals surface area contributed by atoms with Crippen molar-refractivity contribution in [2.75, 3.05) is 5.32 Å². The summed E-state index contributed by atoms with van der Waals surface area (Å²) in [5.74, 6) is 0.0632. The normalized spacial score (nSPS) is 10.3. The second-order valence-corrected chi connectivity index (χ2v) is 5.19. The predicted molar refractivity (Wildman–Crippen MR) is 90.6 cm³/mol. The third-order valence-electron chi connectivity index (χ3n) is 3.59. The van der Waals surface area contributed by atoms with Gasteiger partial charge in [0.05, 0.1) is 5.56 Å². The average Bonchev–Trinajstić information content (AvgIpc) is 3.00. The molecule has 3 aromatic rings. The summed E-state index contributed by atoms with van der Waals surface area (Å²) in [4.78, 5) is 27.4. The Morgan fingerprint density at radius 1 is 0.913 bits per heavy atom. The minimum absolute atomic E-state index is 0.103. The van der Waals surface area contributed by atoms with Gasteiger partial charge in [0.25, 0.3) is 5.91 Å². The van der Waals surface area contributed by atoms with Crippen LogP contribution in [0, 0.1) is 0 Å². The minimum atomic E-state index is -0.255. The summed E-state index contributed by atoms with van der Waals surface area (Å²) in [5, 5.41) is 2.78. The number of carbonyl (C=O) groups excluding carboxylic acids is 2. The van der Waals surface area contributed by atoms with E-state index in [1.54, 1.807) is 30.5 Å².